The number of hydrogen-bond donors (Lipinski definition) is 2. The minimum Gasteiger partial charge on any atom is -0.399 e. The average Bonchev–Trinajstić information content (AvgIpc) is 2.53. The molecule has 0 aliphatic carbocycles. The van der Waals surface area contributed by atoms with Crippen LogP contribution in [-0.4, -0.2) is 39.5 Å². The zero-order chi connectivity index (χ0) is 17.1. The van der Waals surface area contributed by atoms with Crippen LogP contribution in [0.3, 0.4) is 0 Å². The summed E-state index contributed by atoms with van der Waals surface area (Å²) in [5.41, 5.74) is 6.15. The number of sulfonamides is 1. The largest absolute Gasteiger partial charge is 0.399 e. The quantitative estimate of drug-likeness (QED) is 0.453. The molecule has 0 aliphatic heterocycles. The molecule has 0 heterocycles. The fraction of sp³-hybridized carbons (Fsp3) is 0.647. The highest BCUT2D eigenvalue weighted by atomic mass is 32.2. The molecule has 0 aromatic heterocycles. The van der Waals surface area contributed by atoms with E-state index in [-0.39, 0.29) is 4.90 Å². The number of nitrogens with one attached hydrogen (secondary N) is 1. The Morgan fingerprint density at radius 3 is 2.00 bits per heavy atom. The van der Waals surface area contributed by atoms with Gasteiger partial charge in [0.05, 0.1) is 4.90 Å². The van der Waals surface area contributed by atoms with Crippen LogP contribution in [0.2, 0.25) is 0 Å². The van der Waals surface area contributed by atoms with Crippen molar-refractivity contribution in [1.82, 2.24) is 9.62 Å². The Morgan fingerprint density at radius 2 is 1.48 bits per heavy atom. The molecule has 0 spiro atoms. The highest BCUT2D eigenvalue weighted by Gasteiger charge is 2.13. The number of rotatable bonds is 12. The third kappa shape index (κ3) is 7.81. The summed E-state index contributed by atoms with van der Waals surface area (Å²) in [5.74, 6) is 0. The second kappa shape index (κ2) is 10.6. The minimum atomic E-state index is -3.43. The second-order valence-electron chi connectivity index (χ2n) is 5.87. The first-order valence-corrected chi connectivity index (χ1v) is 10.1. The first-order valence-electron chi connectivity index (χ1n) is 8.57. The lowest BCUT2D eigenvalue weighted by Crippen LogP contribution is -2.31. The molecule has 1 aromatic rings. The highest BCUT2D eigenvalue weighted by Crippen LogP contribution is 2.11. The molecule has 0 fully saturated rings. The number of nitrogen functional groups attached to an aromatic ring is 1. The van der Waals surface area contributed by atoms with Crippen LogP contribution in [0.15, 0.2) is 29.2 Å². The van der Waals surface area contributed by atoms with Crippen LogP contribution < -0.4 is 10.5 Å². The Kier molecular flexibility index (Phi) is 9.21. The lowest BCUT2D eigenvalue weighted by atomic mass is 10.2. The molecule has 0 unspecified atom stereocenters. The Bertz CT molecular complexity index is 521. The third-order valence-electron chi connectivity index (χ3n) is 3.79. The van der Waals surface area contributed by atoms with E-state index in [2.05, 4.69) is 23.5 Å². The SMILES string of the molecule is CCCCN(CCCC)CCCNS(=O)(=O)c1ccc(N)cc1. The minimum absolute atomic E-state index is 0.264. The van der Waals surface area contributed by atoms with Crippen molar-refractivity contribution in [2.45, 2.75) is 50.8 Å². The number of nitrogens with zero attached hydrogens (tertiary/aromatic N) is 1. The van der Waals surface area contributed by atoms with Crippen LogP contribution in [0.1, 0.15) is 46.0 Å². The summed E-state index contributed by atoms with van der Waals surface area (Å²) < 4.78 is 27.0. The van der Waals surface area contributed by atoms with E-state index in [1.54, 1.807) is 12.1 Å². The van der Waals surface area contributed by atoms with Crippen molar-refractivity contribution >= 4 is 15.7 Å². The summed E-state index contributed by atoms with van der Waals surface area (Å²) >= 11 is 0. The maximum atomic E-state index is 12.2. The lowest BCUT2D eigenvalue weighted by molar-refractivity contribution is 0.262. The zero-order valence-corrected chi connectivity index (χ0v) is 15.2. The fourth-order valence-electron chi connectivity index (χ4n) is 2.34. The maximum Gasteiger partial charge on any atom is 0.240 e. The first-order chi connectivity index (χ1) is 11.0. The molecule has 3 N–H and O–H groups in total. The Labute approximate surface area is 141 Å². The molecule has 5 nitrogen and oxygen atoms in total. The van der Waals surface area contributed by atoms with E-state index < -0.39 is 10.0 Å². The first kappa shape index (κ1) is 19.9. The smallest absolute Gasteiger partial charge is 0.240 e. The van der Waals surface area contributed by atoms with Gasteiger partial charge in [-0.05, 0) is 63.2 Å². The molecule has 0 atom stereocenters. The van der Waals surface area contributed by atoms with Gasteiger partial charge in [-0.3, -0.25) is 0 Å². The highest BCUT2D eigenvalue weighted by molar-refractivity contribution is 7.89. The molecular formula is C17H31N3O2S. The molecule has 0 amide bonds. The summed E-state index contributed by atoms with van der Waals surface area (Å²) in [5, 5.41) is 0. The molecule has 23 heavy (non-hydrogen) atoms. The van der Waals surface area contributed by atoms with Gasteiger partial charge >= 0.3 is 0 Å². The van der Waals surface area contributed by atoms with Crippen molar-refractivity contribution in [2.24, 2.45) is 0 Å². The van der Waals surface area contributed by atoms with Crippen molar-refractivity contribution < 1.29 is 8.42 Å². The summed E-state index contributed by atoms with van der Waals surface area (Å²) in [6.07, 6.45) is 5.59. The van der Waals surface area contributed by atoms with E-state index in [0.29, 0.717) is 12.2 Å². The van der Waals surface area contributed by atoms with Gasteiger partial charge in [-0.15, -0.1) is 0 Å². The summed E-state index contributed by atoms with van der Waals surface area (Å²) in [7, 11) is -3.43. The van der Waals surface area contributed by atoms with E-state index in [1.807, 2.05) is 0 Å². The topological polar surface area (TPSA) is 75.4 Å². The van der Waals surface area contributed by atoms with Crippen molar-refractivity contribution in [2.75, 3.05) is 31.9 Å². The van der Waals surface area contributed by atoms with E-state index >= 15 is 0 Å². The van der Waals surface area contributed by atoms with Gasteiger partial charge < -0.3 is 10.6 Å². The summed E-state index contributed by atoms with van der Waals surface area (Å²) in [6, 6.07) is 6.27. The standard InChI is InChI=1S/C17H31N3O2S/c1-3-5-13-20(14-6-4-2)15-7-12-19-23(21,22)17-10-8-16(18)9-11-17/h8-11,19H,3-7,12-15,18H2,1-2H3. The van der Waals surface area contributed by atoms with Crippen LogP contribution in [0, 0.1) is 0 Å². The Balaban J connectivity index is 2.40. The second-order valence-corrected chi connectivity index (χ2v) is 7.64. The molecule has 0 radical (unpaired) electrons. The van der Waals surface area contributed by atoms with Gasteiger partial charge in [0.15, 0.2) is 0 Å². The van der Waals surface area contributed by atoms with Crippen LogP contribution in [0.4, 0.5) is 5.69 Å². The molecule has 6 heteroatoms. The molecule has 0 saturated heterocycles. The number of hydrogen-bond acceptors (Lipinski definition) is 4. The summed E-state index contributed by atoms with van der Waals surface area (Å²) in [6.45, 7) is 7.98. The maximum absolute atomic E-state index is 12.2. The fourth-order valence-corrected chi connectivity index (χ4v) is 3.41. The van der Waals surface area contributed by atoms with Crippen molar-refractivity contribution in [3.63, 3.8) is 0 Å². The van der Waals surface area contributed by atoms with Crippen molar-refractivity contribution in [3.8, 4) is 0 Å². The average molecular weight is 342 g/mol. The Hall–Kier alpha value is -1.11. The van der Waals surface area contributed by atoms with Crippen LogP contribution in [0.5, 0.6) is 0 Å². The molecule has 0 aliphatic rings. The van der Waals surface area contributed by atoms with E-state index in [4.69, 9.17) is 5.73 Å². The van der Waals surface area contributed by atoms with Crippen LogP contribution >= 0.6 is 0 Å². The van der Waals surface area contributed by atoms with E-state index in [1.165, 1.54) is 37.8 Å². The number of unbranched alkanes of at least 4 members (excludes halogenated alkanes) is 2. The monoisotopic (exact) mass is 341 g/mol. The zero-order valence-electron chi connectivity index (χ0n) is 14.4. The molecular weight excluding hydrogens is 310 g/mol. The van der Waals surface area contributed by atoms with Gasteiger partial charge in [0.25, 0.3) is 0 Å². The van der Waals surface area contributed by atoms with Gasteiger partial charge in [0, 0.05) is 12.2 Å². The number of nitrogens with two attached hydrogens (primary N) is 1. The molecule has 0 saturated carbocycles. The van der Waals surface area contributed by atoms with Crippen molar-refractivity contribution in [1.29, 1.82) is 0 Å². The third-order valence-corrected chi connectivity index (χ3v) is 5.27. The predicted octanol–water partition coefficient (Wildman–Crippen LogP) is 2.84. The van der Waals surface area contributed by atoms with Crippen LogP contribution in [0.25, 0.3) is 0 Å². The van der Waals surface area contributed by atoms with Crippen LogP contribution in [-0.2, 0) is 10.0 Å². The van der Waals surface area contributed by atoms with Gasteiger partial charge in [-0.25, -0.2) is 13.1 Å². The van der Waals surface area contributed by atoms with Crippen molar-refractivity contribution in [3.05, 3.63) is 24.3 Å². The summed E-state index contributed by atoms with van der Waals surface area (Å²) in [4.78, 5) is 2.70. The van der Waals surface area contributed by atoms with E-state index in [9.17, 15) is 8.42 Å². The van der Waals surface area contributed by atoms with Gasteiger partial charge in [-0.1, -0.05) is 26.7 Å². The van der Waals surface area contributed by atoms with Gasteiger partial charge in [0.2, 0.25) is 10.0 Å². The molecule has 132 valence electrons. The predicted molar refractivity (Wildman–Crippen MR) is 96.9 cm³/mol. The molecule has 1 aromatic carbocycles. The molecule has 0 bridgehead atoms. The van der Waals surface area contributed by atoms with E-state index in [0.717, 1.165) is 26.1 Å². The normalized spacial score (nSPS) is 12.0. The van der Waals surface area contributed by atoms with Gasteiger partial charge in [-0.2, -0.15) is 0 Å². The number of anilines is 1. The number of benzene rings is 1. The lowest BCUT2D eigenvalue weighted by Gasteiger charge is -2.21. The Morgan fingerprint density at radius 1 is 0.957 bits per heavy atom. The molecule has 1 rings (SSSR count). The van der Waals surface area contributed by atoms with Gasteiger partial charge in [0.1, 0.15) is 0 Å².